The highest BCUT2D eigenvalue weighted by Crippen LogP contribution is 2.37. The smallest absolute Gasteiger partial charge is 0.223 e. The minimum atomic E-state index is -0.437. The van der Waals surface area contributed by atoms with E-state index in [-0.39, 0.29) is 11.8 Å². The zero-order valence-electron chi connectivity index (χ0n) is 7.00. The van der Waals surface area contributed by atoms with E-state index in [9.17, 15) is 4.79 Å². The third kappa shape index (κ3) is 2.50. The summed E-state index contributed by atoms with van der Waals surface area (Å²) < 4.78 is 0. The first-order valence-corrected chi connectivity index (χ1v) is 4.07. The van der Waals surface area contributed by atoms with Gasteiger partial charge in [0.1, 0.15) is 0 Å². The lowest BCUT2D eigenvalue weighted by Gasteiger charge is -2.05. The second kappa shape index (κ2) is 3.22. The SMILES string of the molecule is CC1CC1C(=O)NC[C@@H](C)O. The lowest BCUT2D eigenvalue weighted by atomic mass is 10.3. The molecule has 0 saturated heterocycles. The first kappa shape index (κ1) is 8.53. The van der Waals surface area contributed by atoms with Crippen molar-refractivity contribution in [2.24, 2.45) is 11.8 Å². The van der Waals surface area contributed by atoms with Gasteiger partial charge in [-0.15, -0.1) is 0 Å². The summed E-state index contributed by atoms with van der Waals surface area (Å²) in [6, 6.07) is 0. The van der Waals surface area contributed by atoms with E-state index in [1.165, 1.54) is 0 Å². The van der Waals surface area contributed by atoms with Gasteiger partial charge in [-0.2, -0.15) is 0 Å². The quantitative estimate of drug-likeness (QED) is 0.612. The van der Waals surface area contributed by atoms with E-state index < -0.39 is 6.10 Å². The molecule has 3 atom stereocenters. The van der Waals surface area contributed by atoms with Gasteiger partial charge in [0.05, 0.1) is 6.10 Å². The van der Waals surface area contributed by atoms with Crippen molar-refractivity contribution < 1.29 is 9.90 Å². The molecule has 2 N–H and O–H groups in total. The van der Waals surface area contributed by atoms with Crippen LogP contribution in [0.15, 0.2) is 0 Å². The highest BCUT2D eigenvalue weighted by Gasteiger charge is 2.38. The van der Waals surface area contributed by atoms with E-state index in [0.29, 0.717) is 12.5 Å². The van der Waals surface area contributed by atoms with Gasteiger partial charge in [-0.05, 0) is 19.3 Å². The van der Waals surface area contributed by atoms with Crippen LogP contribution >= 0.6 is 0 Å². The molecule has 0 heterocycles. The number of hydrogen-bond acceptors (Lipinski definition) is 2. The summed E-state index contributed by atoms with van der Waals surface area (Å²) in [6.45, 7) is 4.10. The molecule has 0 bridgehead atoms. The fourth-order valence-electron chi connectivity index (χ4n) is 1.07. The first-order chi connectivity index (χ1) is 5.11. The minimum Gasteiger partial charge on any atom is -0.392 e. The topological polar surface area (TPSA) is 49.3 Å². The molecular weight excluding hydrogens is 142 g/mol. The van der Waals surface area contributed by atoms with Crippen molar-refractivity contribution in [3.63, 3.8) is 0 Å². The molecular formula is C8H15NO2. The predicted octanol–water partition coefficient (Wildman–Crippen LogP) is 0.139. The molecule has 1 rings (SSSR count). The van der Waals surface area contributed by atoms with Crippen molar-refractivity contribution in [3.8, 4) is 0 Å². The van der Waals surface area contributed by atoms with Crippen molar-refractivity contribution in [2.45, 2.75) is 26.4 Å². The van der Waals surface area contributed by atoms with Crippen LogP contribution in [0.2, 0.25) is 0 Å². The number of carbonyl (C=O) groups excluding carboxylic acids is 1. The lowest BCUT2D eigenvalue weighted by Crippen LogP contribution is -2.31. The molecule has 64 valence electrons. The van der Waals surface area contributed by atoms with E-state index in [0.717, 1.165) is 6.42 Å². The summed E-state index contributed by atoms with van der Waals surface area (Å²) in [6.07, 6.45) is 0.569. The molecule has 0 spiro atoms. The molecule has 2 unspecified atom stereocenters. The number of amides is 1. The number of carbonyl (C=O) groups is 1. The van der Waals surface area contributed by atoms with Crippen LogP contribution in [0, 0.1) is 11.8 Å². The number of hydrogen-bond donors (Lipinski definition) is 2. The molecule has 0 aliphatic heterocycles. The van der Waals surface area contributed by atoms with Gasteiger partial charge in [0, 0.05) is 12.5 Å². The van der Waals surface area contributed by atoms with Gasteiger partial charge in [-0.1, -0.05) is 6.92 Å². The third-order valence-corrected chi connectivity index (χ3v) is 2.02. The maximum Gasteiger partial charge on any atom is 0.223 e. The van der Waals surface area contributed by atoms with Crippen LogP contribution in [0.3, 0.4) is 0 Å². The maximum atomic E-state index is 11.1. The zero-order valence-corrected chi connectivity index (χ0v) is 7.00. The second-order valence-electron chi connectivity index (χ2n) is 3.41. The summed E-state index contributed by atoms with van der Waals surface area (Å²) in [4.78, 5) is 11.1. The summed E-state index contributed by atoms with van der Waals surface area (Å²) in [5.41, 5.74) is 0. The van der Waals surface area contributed by atoms with Gasteiger partial charge < -0.3 is 10.4 Å². The second-order valence-corrected chi connectivity index (χ2v) is 3.41. The van der Waals surface area contributed by atoms with Crippen LogP contribution in [0.5, 0.6) is 0 Å². The number of aliphatic hydroxyl groups excluding tert-OH is 1. The minimum absolute atomic E-state index is 0.0957. The van der Waals surface area contributed by atoms with Crippen molar-refractivity contribution in [1.29, 1.82) is 0 Å². The maximum absolute atomic E-state index is 11.1. The van der Waals surface area contributed by atoms with Crippen molar-refractivity contribution in [2.75, 3.05) is 6.54 Å². The van der Waals surface area contributed by atoms with Crippen LogP contribution in [0.4, 0.5) is 0 Å². The highest BCUT2D eigenvalue weighted by molar-refractivity contribution is 5.81. The molecule has 3 nitrogen and oxygen atoms in total. The summed E-state index contributed by atoms with van der Waals surface area (Å²) in [5.74, 6) is 0.858. The molecule has 1 amide bonds. The Morgan fingerprint density at radius 1 is 1.82 bits per heavy atom. The summed E-state index contributed by atoms with van der Waals surface area (Å²) in [5, 5.41) is 11.5. The number of rotatable bonds is 3. The van der Waals surface area contributed by atoms with Gasteiger partial charge >= 0.3 is 0 Å². The Morgan fingerprint density at radius 2 is 2.36 bits per heavy atom. The van der Waals surface area contributed by atoms with E-state index in [1.807, 2.05) is 0 Å². The third-order valence-electron chi connectivity index (χ3n) is 2.02. The van der Waals surface area contributed by atoms with Crippen LogP contribution in [0.1, 0.15) is 20.3 Å². The molecule has 3 heteroatoms. The molecule has 11 heavy (non-hydrogen) atoms. The monoisotopic (exact) mass is 157 g/mol. The molecule has 0 aromatic rings. The van der Waals surface area contributed by atoms with Gasteiger partial charge in [0.2, 0.25) is 5.91 Å². The standard InChI is InChI=1S/C8H15NO2/c1-5-3-7(5)8(11)9-4-6(2)10/h5-7,10H,3-4H2,1-2H3,(H,9,11)/t5?,6-,7?/m1/s1. The summed E-state index contributed by atoms with van der Waals surface area (Å²) >= 11 is 0. The average Bonchev–Trinajstić information content (AvgIpc) is 2.61. The lowest BCUT2D eigenvalue weighted by molar-refractivity contribution is -0.123. The average molecular weight is 157 g/mol. The van der Waals surface area contributed by atoms with E-state index in [4.69, 9.17) is 5.11 Å². The summed E-state index contributed by atoms with van der Waals surface area (Å²) in [7, 11) is 0. The number of aliphatic hydroxyl groups is 1. The highest BCUT2D eigenvalue weighted by atomic mass is 16.3. The predicted molar refractivity (Wildman–Crippen MR) is 42.0 cm³/mol. The fourth-order valence-corrected chi connectivity index (χ4v) is 1.07. The number of nitrogens with one attached hydrogen (secondary N) is 1. The van der Waals surface area contributed by atoms with E-state index >= 15 is 0 Å². The van der Waals surface area contributed by atoms with Crippen LogP contribution in [-0.4, -0.2) is 23.7 Å². The van der Waals surface area contributed by atoms with Crippen LogP contribution in [0.25, 0.3) is 0 Å². The molecule has 1 saturated carbocycles. The zero-order chi connectivity index (χ0) is 8.43. The van der Waals surface area contributed by atoms with Gasteiger partial charge in [0.25, 0.3) is 0 Å². The van der Waals surface area contributed by atoms with E-state index in [1.54, 1.807) is 6.92 Å². The fraction of sp³-hybridized carbons (Fsp3) is 0.875. The van der Waals surface area contributed by atoms with Gasteiger partial charge in [-0.3, -0.25) is 4.79 Å². The van der Waals surface area contributed by atoms with Crippen molar-refractivity contribution in [3.05, 3.63) is 0 Å². The Morgan fingerprint density at radius 3 is 2.73 bits per heavy atom. The van der Waals surface area contributed by atoms with Crippen molar-refractivity contribution >= 4 is 5.91 Å². The van der Waals surface area contributed by atoms with Crippen molar-refractivity contribution in [1.82, 2.24) is 5.32 Å². The Hall–Kier alpha value is -0.570. The molecule has 0 radical (unpaired) electrons. The van der Waals surface area contributed by atoms with Gasteiger partial charge in [-0.25, -0.2) is 0 Å². The van der Waals surface area contributed by atoms with Crippen LogP contribution < -0.4 is 5.32 Å². The Bertz CT molecular complexity index is 156. The molecule has 1 aliphatic rings. The van der Waals surface area contributed by atoms with Gasteiger partial charge in [0.15, 0.2) is 0 Å². The molecule has 0 aromatic heterocycles. The first-order valence-electron chi connectivity index (χ1n) is 4.07. The molecule has 1 aliphatic carbocycles. The molecule has 1 fully saturated rings. The normalized spacial score (nSPS) is 31.2. The Labute approximate surface area is 66.8 Å². The molecule has 0 aromatic carbocycles. The Balaban J connectivity index is 2.12. The van der Waals surface area contributed by atoms with E-state index in [2.05, 4.69) is 12.2 Å². The Kier molecular flexibility index (Phi) is 2.49. The van der Waals surface area contributed by atoms with Crippen LogP contribution in [-0.2, 0) is 4.79 Å². The largest absolute Gasteiger partial charge is 0.392 e.